The Balaban J connectivity index is 1.21. The highest BCUT2D eigenvalue weighted by Gasteiger charge is 2.51. The molecule has 270 valence electrons. The third-order valence-electron chi connectivity index (χ3n) is 13.6. The molecule has 12 rings (SSSR count). The third-order valence-corrected chi connectivity index (χ3v) is 13.6. The summed E-state index contributed by atoms with van der Waals surface area (Å²) in [5.74, 6) is 0. The second kappa shape index (κ2) is 11.7. The first-order chi connectivity index (χ1) is 28.0. The van der Waals surface area contributed by atoms with E-state index < -0.39 is 5.41 Å². The van der Waals surface area contributed by atoms with E-state index in [1.54, 1.807) is 0 Å². The predicted molar refractivity (Wildman–Crippen MR) is 239 cm³/mol. The molecule has 1 nitrogen and oxygen atoms in total. The van der Waals surface area contributed by atoms with Crippen molar-refractivity contribution in [3.05, 3.63) is 221 Å². The standard InChI is InChI=1S/C56H41N/c1-4-35-27-28-37-17-13-21-44-42-19-8-12-24-48(42)56(54(35)52(37)44)47-23-11-7-18-41(47)43-32-31-40(34-50(43)56)57(39-30-29-36-15-5-6-16-38(36)33-39)51-26-14-25-49-53(51)45-20-9-10-22-46(45)55(49,2)3/h5-34H,4H2,1-3H3. The summed E-state index contributed by atoms with van der Waals surface area (Å²) in [5.41, 5.74) is 20.5. The van der Waals surface area contributed by atoms with Crippen molar-refractivity contribution in [3.63, 3.8) is 0 Å². The van der Waals surface area contributed by atoms with E-state index >= 15 is 0 Å². The van der Waals surface area contributed by atoms with E-state index in [0.29, 0.717) is 0 Å². The van der Waals surface area contributed by atoms with Gasteiger partial charge in [-0.05, 0) is 125 Å². The number of hydrogen-bond acceptors (Lipinski definition) is 1. The summed E-state index contributed by atoms with van der Waals surface area (Å²) in [6, 6.07) is 69.1. The van der Waals surface area contributed by atoms with Crippen molar-refractivity contribution in [2.45, 2.75) is 38.0 Å². The van der Waals surface area contributed by atoms with Gasteiger partial charge >= 0.3 is 0 Å². The molecule has 9 aromatic rings. The Labute approximate surface area is 334 Å². The minimum Gasteiger partial charge on any atom is -0.310 e. The molecule has 0 N–H and O–H groups in total. The molecule has 57 heavy (non-hydrogen) atoms. The Kier molecular flexibility index (Phi) is 6.66. The average Bonchev–Trinajstić information content (AvgIpc) is 3.68. The Morgan fingerprint density at radius 2 is 0.982 bits per heavy atom. The van der Waals surface area contributed by atoms with E-state index in [1.807, 2.05) is 0 Å². The minimum absolute atomic E-state index is 0.116. The van der Waals surface area contributed by atoms with Crippen molar-refractivity contribution in [1.29, 1.82) is 0 Å². The Hall–Kier alpha value is -6.70. The highest BCUT2D eigenvalue weighted by molar-refractivity contribution is 6.08. The van der Waals surface area contributed by atoms with Gasteiger partial charge in [0.15, 0.2) is 0 Å². The highest BCUT2D eigenvalue weighted by atomic mass is 15.1. The second-order valence-corrected chi connectivity index (χ2v) is 16.7. The SMILES string of the molecule is CCc1ccc2cccc3c2c1C1(c2ccccc2-c2ccc(N(c4ccc5ccccc5c4)c4cccc5c4-c4ccccc4C5(C)C)cc21)c1ccccc1-3. The second-order valence-electron chi connectivity index (χ2n) is 16.7. The van der Waals surface area contributed by atoms with Crippen molar-refractivity contribution < 1.29 is 0 Å². The summed E-state index contributed by atoms with van der Waals surface area (Å²) in [5, 5.41) is 5.16. The van der Waals surface area contributed by atoms with Gasteiger partial charge in [-0.25, -0.2) is 0 Å². The zero-order valence-electron chi connectivity index (χ0n) is 32.5. The largest absolute Gasteiger partial charge is 0.310 e. The fourth-order valence-electron chi connectivity index (χ4n) is 11.2. The van der Waals surface area contributed by atoms with Gasteiger partial charge in [0, 0.05) is 22.4 Å². The molecule has 3 aliphatic rings. The average molecular weight is 728 g/mol. The summed E-state index contributed by atoms with van der Waals surface area (Å²) < 4.78 is 0. The van der Waals surface area contributed by atoms with Crippen LogP contribution in [-0.2, 0) is 17.3 Å². The van der Waals surface area contributed by atoms with Crippen LogP contribution in [-0.4, -0.2) is 0 Å². The van der Waals surface area contributed by atoms with Gasteiger partial charge in [-0.3, -0.25) is 0 Å². The summed E-state index contributed by atoms with van der Waals surface area (Å²) >= 11 is 0. The van der Waals surface area contributed by atoms with E-state index in [1.165, 1.54) is 99.6 Å². The van der Waals surface area contributed by atoms with E-state index in [2.05, 4.69) is 208 Å². The third kappa shape index (κ3) is 4.19. The maximum Gasteiger partial charge on any atom is 0.0729 e. The Bertz CT molecular complexity index is 3160. The lowest BCUT2D eigenvalue weighted by molar-refractivity contribution is 0.660. The van der Waals surface area contributed by atoms with E-state index in [0.717, 1.165) is 17.8 Å². The van der Waals surface area contributed by atoms with Crippen LogP contribution in [0.3, 0.4) is 0 Å². The van der Waals surface area contributed by atoms with Gasteiger partial charge in [0.2, 0.25) is 0 Å². The van der Waals surface area contributed by atoms with Crippen molar-refractivity contribution in [2.24, 2.45) is 0 Å². The number of anilines is 3. The number of nitrogens with zero attached hydrogens (tertiary/aromatic N) is 1. The van der Waals surface area contributed by atoms with Crippen molar-refractivity contribution in [1.82, 2.24) is 0 Å². The van der Waals surface area contributed by atoms with E-state index in [4.69, 9.17) is 0 Å². The van der Waals surface area contributed by atoms with Crippen LogP contribution >= 0.6 is 0 Å². The summed E-state index contributed by atoms with van der Waals surface area (Å²) in [6.45, 7) is 7.08. The maximum atomic E-state index is 2.55. The fraction of sp³-hybridized carbons (Fsp3) is 0.107. The van der Waals surface area contributed by atoms with Crippen LogP contribution in [0.5, 0.6) is 0 Å². The molecule has 0 fully saturated rings. The molecule has 3 aliphatic carbocycles. The Morgan fingerprint density at radius 3 is 1.77 bits per heavy atom. The monoisotopic (exact) mass is 727 g/mol. The van der Waals surface area contributed by atoms with Crippen molar-refractivity contribution in [2.75, 3.05) is 4.90 Å². The van der Waals surface area contributed by atoms with Gasteiger partial charge in [0.05, 0.1) is 11.1 Å². The summed E-state index contributed by atoms with van der Waals surface area (Å²) in [6.07, 6.45) is 0.954. The first kappa shape index (κ1) is 32.5. The molecule has 1 unspecified atom stereocenters. The topological polar surface area (TPSA) is 3.24 Å². The van der Waals surface area contributed by atoms with Crippen LogP contribution in [0.25, 0.3) is 54.9 Å². The summed E-state index contributed by atoms with van der Waals surface area (Å²) in [7, 11) is 0. The highest BCUT2D eigenvalue weighted by Crippen LogP contribution is 2.63. The first-order valence-corrected chi connectivity index (χ1v) is 20.4. The van der Waals surface area contributed by atoms with Crippen LogP contribution in [0.15, 0.2) is 182 Å². The van der Waals surface area contributed by atoms with E-state index in [-0.39, 0.29) is 5.41 Å². The molecule has 0 aliphatic heterocycles. The molecular formula is C56H41N. The lowest BCUT2D eigenvalue weighted by Gasteiger charge is -2.41. The lowest BCUT2D eigenvalue weighted by Crippen LogP contribution is -2.33. The molecule has 0 heterocycles. The number of rotatable bonds is 4. The lowest BCUT2D eigenvalue weighted by atomic mass is 9.60. The molecule has 0 amide bonds. The number of aryl methyl sites for hydroxylation is 1. The molecule has 0 saturated carbocycles. The molecule has 1 spiro atoms. The fourth-order valence-corrected chi connectivity index (χ4v) is 11.2. The summed E-state index contributed by atoms with van der Waals surface area (Å²) in [4.78, 5) is 2.55. The smallest absolute Gasteiger partial charge is 0.0729 e. The zero-order valence-corrected chi connectivity index (χ0v) is 32.5. The quantitative estimate of drug-likeness (QED) is 0.174. The molecule has 9 aromatic carbocycles. The number of fused-ring (bicyclic) bond motifs is 13. The van der Waals surface area contributed by atoms with E-state index in [9.17, 15) is 0 Å². The maximum absolute atomic E-state index is 2.55. The van der Waals surface area contributed by atoms with Gasteiger partial charge in [-0.2, -0.15) is 0 Å². The molecule has 0 bridgehead atoms. The molecule has 1 heteroatoms. The Morgan fingerprint density at radius 1 is 0.421 bits per heavy atom. The van der Waals surface area contributed by atoms with Crippen LogP contribution < -0.4 is 4.90 Å². The van der Waals surface area contributed by atoms with Gasteiger partial charge in [-0.1, -0.05) is 172 Å². The molecule has 0 saturated heterocycles. The number of benzene rings is 9. The zero-order chi connectivity index (χ0) is 38.0. The van der Waals surface area contributed by atoms with Crippen molar-refractivity contribution in [3.8, 4) is 33.4 Å². The molecule has 0 aromatic heterocycles. The van der Waals surface area contributed by atoms with Gasteiger partial charge in [0.25, 0.3) is 0 Å². The van der Waals surface area contributed by atoms with Crippen molar-refractivity contribution >= 4 is 38.6 Å². The normalized spacial score (nSPS) is 16.3. The van der Waals surface area contributed by atoms with Gasteiger partial charge < -0.3 is 4.90 Å². The van der Waals surface area contributed by atoms with Gasteiger partial charge in [0.1, 0.15) is 0 Å². The van der Waals surface area contributed by atoms with Crippen LogP contribution in [0, 0.1) is 0 Å². The number of hydrogen-bond donors (Lipinski definition) is 0. The van der Waals surface area contributed by atoms with Crippen LogP contribution in [0.2, 0.25) is 0 Å². The molecular weight excluding hydrogens is 687 g/mol. The van der Waals surface area contributed by atoms with Crippen LogP contribution in [0.4, 0.5) is 17.1 Å². The van der Waals surface area contributed by atoms with Crippen LogP contribution in [0.1, 0.15) is 59.7 Å². The molecule has 1 atom stereocenters. The molecule has 0 radical (unpaired) electrons. The van der Waals surface area contributed by atoms with Gasteiger partial charge in [-0.15, -0.1) is 0 Å². The first-order valence-electron chi connectivity index (χ1n) is 20.4. The minimum atomic E-state index is -0.500. The predicted octanol–water partition coefficient (Wildman–Crippen LogP) is 14.7.